The number of nitrogens with one attached hydrogen (secondary N) is 4. The fourth-order valence-corrected chi connectivity index (χ4v) is 2.88. The lowest BCUT2D eigenvalue weighted by molar-refractivity contribution is -0.137. The molecular weight excluding hydrogens is 427 g/mol. The van der Waals surface area contributed by atoms with Crippen molar-refractivity contribution in [1.82, 2.24) is 15.0 Å². The first-order valence-corrected chi connectivity index (χ1v) is 10.3. The molecule has 0 amide bonds. The average Bonchev–Trinajstić information content (AvgIpc) is 3.10. The third kappa shape index (κ3) is 6.18. The van der Waals surface area contributed by atoms with Gasteiger partial charge >= 0.3 is 6.18 Å². The second-order valence-electron chi connectivity index (χ2n) is 6.24. The molecule has 10 nitrogen and oxygen atoms in total. The van der Waals surface area contributed by atoms with Gasteiger partial charge in [0, 0.05) is 25.0 Å². The molecule has 14 heteroatoms. The van der Waals surface area contributed by atoms with Gasteiger partial charge in [-0.3, -0.25) is 0 Å². The van der Waals surface area contributed by atoms with Crippen LogP contribution >= 0.6 is 0 Å². The SMILES string of the molecule is C=C(C)c1ccc(N/C(=N\O)c2nonc2NCCNS(C)(=N)=O)cc1C(F)(F)F. The lowest BCUT2D eigenvalue weighted by Gasteiger charge is -2.15. The lowest BCUT2D eigenvalue weighted by atomic mass is 10.0. The zero-order valence-corrected chi connectivity index (χ0v) is 16.8. The van der Waals surface area contributed by atoms with E-state index < -0.39 is 21.7 Å². The Morgan fingerprint density at radius 1 is 1.37 bits per heavy atom. The van der Waals surface area contributed by atoms with Gasteiger partial charge in [-0.2, -0.15) is 13.2 Å². The van der Waals surface area contributed by atoms with E-state index >= 15 is 0 Å². The van der Waals surface area contributed by atoms with Gasteiger partial charge in [0.2, 0.25) is 11.7 Å². The number of anilines is 2. The molecule has 0 fully saturated rings. The van der Waals surface area contributed by atoms with Gasteiger partial charge in [0.25, 0.3) is 0 Å². The molecule has 0 aliphatic rings. The summed E-state index contributed by atoms with van der Waals surface area (Å²) in [6.45, 7) is 5.32. The molecule has 1 atom stereocenters. The average molecular weight is 447 g/mol. The van der Waals surface area contributed by atoms with E-state index in [4.69, 9.17) is 4.78 Å². The summed E-state index contributed by atoms with van der Waals surface area (Å²) in [6, 6.07) is 3.46. The molecule has 0 radical (unpaired) electrons. The molecule has 0 spiro atoms. The highest BCUT2D eigenvalue weighted by molar-refractivity contribution is 7.89. The van der Waals surface area contributed by atoms with Crippen molar-refractivity contribution in [2.45, 2.75) is 13.1 Å². The molecule has 1 aromatic carbocycles. The second-order valence-corrected chi connectivity index (χ2v) is 8.21. The van der Waals surface area contributed by atoms with Crippen molar-refractivity contribution in [1.29, 1.82) is 4.78 Å². The predicted octanol–water partition coefficient (Wildman–Crippen LogP) is 2.96. The summed E-state index contributed by atoms with van der Waals surface area (Å²) < 4.78 is 65.7. The fourth-order valence-electron chi connectivity index (χ4n) is 2.38. The number of aromatic nitrogens is 2. The first-order chi connectivity index (χ1) is 13.9. The van der Waals surface area contributed by atoms with Gasteiger partial charge in [0.05, 0.1) is 5.56 Å². The number of nitrogens with zero attached hydrogens (tertiary/aromatic N) is 3. The van der Waals surface area contributed by atoms with Gasteiger partial charge in [-0.1, -0.05) is 23.4 Å². The summed E-state index contributed by atoms with van der Waals surface area (Å²) in [6.07, 6.45) is -3.40. The van der Waals surface area contributed by atoms with Gasteiger partial charge in [-0.05, 0) is 34.9 Å². The molecule has 0 bridgehead atoms. The molecule has 0 saturated carbocycles. The Hall–Kier alpha value is -3.13. The Labute approximate surface area is 170 Å². The van der Waals surface area contributed by atoms with Crippen LogP contribution in [0.15, 0.2) is 34.6 Å². The summed E-state index contributed by atoms with van der Waals surface area (Å²) in [4.78, 5) is 0. The number of benzene rings is 1. The topological polar surface area (TPSA) is 149 Å². The van der Waals surface area contributed by atoms with Gasteiger partial charge in [-0.25, -0.2) is 18.3 Å². The van der Waals surface area contributed by atoms with E-state index in [9.17, 15) is 22.6 Å². The molecule has 5 N–H and O–H groups in total. The van der Waals surface area contributed by atoms with E-state index in [0.29, 0.717) is 0 Å². The minimum atomic E-state index is -4.62. The van der Waals surface area contributed by atoms with Gasteiger partial charge < -0.3 is 15.8 Å². The Balaban J connectivity index is 2.21. The van der Waals surface area contributed by atoms with E-state index in [0.717, 1.165) is 6.07 Å². The molecular formula is C16H20F3N7O3S. The van der Waals surface area contributed by atoms with Crippen LogP contribution in [0.5, 0.6) is 0 Å². The van der Waals surface area contributed by atoms with Crippen LogP contribution < -0.4 is 15.4 Å². The van der Waals surface area contributed by atoms with E-state index in [2.05, 4.69) is 42.0 Å². The van der Waals surface area contributed by atoms with Crippen LogP contribution in [0.2, 0.25) is 0 Å². The largest absolute Gasteiger partial charge is 0.417 e. The van der Waals surface area contributed by atoms with Crippen LogP contribution in [0.4, 0.5) is 24.7 Å². The lowest BCUT2D eigenvalue weighted by Crippen LogP contribution is -2.27. The quantitative estimate of drug-likeness (QED) is 0.137. The Morgan fingerprint density at radius 2 is 2.07 bits per heavy atom. The van der Waals surface area contributed by atoms with Gasteiger partial charge in [0.15, 0.2) is 5.69 Å². The summed E-state index contributed by atoms with van der Waals surface area (Å²) in [5, 5.41) is 24.8. The highest BCUT2D eigenvalue weighted by Crippen LogP contribution is 2.36. The number of hydrogen-bond donors (Lipinski definition) is 5. The van der Waals surface area contributed by atoms with Crippen molar-refractivity contribution in [2.24, 2.45) is 5.16 Å². The monoisotopic (exact) mass is 447 g/mol. The van der Waals surface area contributed by atoms with E-state index in [1.165, 1.54) is 25.3 Å². The zero-order chi connectivity index (χ0) is 22.5. The molecule has 2 aromatic rings. The third-order valence-corrected chi connectivity index (χ3v) is 4.41. The highest BCUT2D eigenvalue weighted by Gasteiger charge is 2.34. The Bertz CT molecular complexity index is 1050. The Kier molecular flexibility index (Phi) is 7.04. The maximum absolute atomic E-state index is 13.4. The fraction of sp³-hybridized carbons (Fsp3) is 0.312. The molecule has 2 rings (SSSR count). The molecule has 1 unspecified atom stereocenters. The van der Waals surface area contributed by atoms with Crippen LogP contribution in [0.25, 0.3) is 5.57 Å². The summed E-state index contributed by atoms with van der Waals surface area (Å²) >= 11 is 0. The predicted molar refractivity (Wildman–Crippen MR) is 106 cm³/mol. The molecule has 0 aliphatic heterocycles. The minimum absolute atomic E-state index is 0.0179. The van der Waals surface area contributed by atoms with Crippen molar-refractivity contribution >= 4 is 32.8 Å². The third-order valence-electron chi connectivity index (χ3n) is 3.66. The van der Waals surface area contributed by atoms with Crippen molar-refractivity contribution in [2.75, 3.05) is 30.0 Å². The van der Waals surface area contributed by atoms with Crippen molar-refractivity contribution in [3.8, 4) is 0 Å². The molecule has 30 heavy (non-hydrogen) atoms. The number of halogens is 3. The maximum Gasteiger partial charge on any atom is 0.417 e. The summed E-state index contributed by atoms with van der Waals surface area (Å²) in [7, 11) is -2.89. The number of oxime groups is 1. The van der Waals surface area contributed by atoms with Gasteiger partial charge in [-0.15, -0.1) is 0 Å². The van der Waals surface area contributed by atoms with Gasteiger partial charge in [0.1, 0.15) is 9.92 Å². The summed E-state index contributed by atoms with van der Waals surface area (Å²) in [5.74, 6) is -0.290. The molecule has 1 heterocycles. The molecule has 0 saturated heterocycles. The first-order valence-electron chi connectivity index (χ1n) is 8.33. The van der Waals surface area contributed by atoms with Crippen LogP contribution in [0, 0.1) is 4.78 Å². The number of allylic oxidation sites excluding steroid dienone is 1. The second kappa shape index (κ2) is 9.13. The maximum atomic E-state index is 13.4. The van der Waals surface area contributed by atoms with Crippen molar-refractivity contribution in [3.05, 3.63) is 41.6 Å². The van der Waals surface area contributed by atoms with Crippen molar-refractivity contribution < 1.29 is 27.2 Å². The minimum Gasteiger partial charge on any atom is -0.409 e. The molecule has 1 aromatic heterocycles. The standard InChI is InChI=1S/C16H20F3N7O3S/c1-9(2)11-5-4-10(8-12(11)16(17,18)19)23-15(24-27)13-14(26-29-25-13)21-6-7-22-30(3,20)28/h4-5,8,27H,1,6-7H2,2-3H3,(H,21,26)(H,23,24)(H2,20,22,28). The van der Waals surface area contributed by atoms with Crippen molar-refractivity contribution in [3.63, 3.8) is 0 Å². The number of alkyl halides is 3. The normalized spacial score (nSPS) is 14.2. The van der Waals surface area contributed by atoms with E-state index in [1.807, 2.05) is 0 Å². The molecule has 0 aliphatic carbocycles. The zero-order valence-electron chi connectivity index (χ0n) is 16.0. The number of rotatable bonds is 8. The summed E-state index contributed by atoms with van der Waals surface area (Å²) in [5.41, 5.74) is -0.836. The van der Waals surface area contributed by atoms with E-state index in [1.54, 1.807) is 0 Å². The number of hydrogen-bond acceptors (Lipinski definition) is 8. The van der Waals surface area contributed by atoms with E-state index in [-0.39, 0.29) is 47.3 Å². The smallest absolute Gasteiger partial charge is 0.409 e. The van der Waals surface area contributed by atoms with Crippen LogP contribution in [-0.4, -0.2) is 44.9 Å². The first kappa shape index (κ1) is 23.2. The molecule has 164 valence electrons. The Morgan fingerprint density at radius 3 is 2.63 bits per heavy atom. The van der Waals surface area contributed by atoms with Crippen LogP contribution in [0.1, 0.15) is 23.7 Å². The number of amidine groups is 1. The highest BCUT2D eigenvalue weighted by atomic mass is 32.2. The van der Waals surface area contributed by atoms with Crippen LogP contribution in [-0.2, 0) is 16.1 Å². The van der Waals surface area contributed by atoms with Crippen LogP contribution in [0.3, 0.4) is 0 Å².